The maximum Gasteiger partial charge on any atom is 0.306 e. The number of halogens is 1. The van der Waals surface area contributed by atoms with Crippen molar-refractivity contribution in [2.45, 2.75) is 39.7 Å². The van der Waals surface area contributed by atoms with E-state index in [1.165, 1.54) is 18.5 Å². The van der Waals surface area contributed by atoms with Gasteiger partial charge in [0.15, 0.2) is 0 Å². The number of anilines is 1. The molecule has 0 unspecified atom stereocenters. The SMILES string of the molecule is CCOC(=O)CCC(=O)N1CCN(c2cc(Oc3ccc(F)cc3C)ncn2)C[C@H]1C. The normalized spacial score (nSPS) is 16.2. The highest BCUT2D eigenvalue weighted by Gasteiger charge is 2.28. The molecule has 3 rings (SSSR count). The second-order valence-electron chi connectivity index (χ2n) is 7.41. The van der Waals surface area contributed by atoms with E-state index in [-0.39, 0.29) is 36.6 Å². The summed E-state index contributed by atoms with van der Waals surface area (Å²) in [6, 6.07) is 5.99. The number of aryl methyl sites for hydroxylation is 1. The largest absolute Gasteiger partial charge is 0.466 e. The van der Waals surface area contributed by atoms with Gasteiger partial charge in [-0.25, -0.2) is 14.4 Å². The van der Waals surface area contributed by atoms with Crippen molar-refractivity contribution in [2.24, 2.45) is 0 Å². The molecular weight excluding hydrogens is 403 g/mol. The maximum atomic E-state index is 13.3. The van der Waals surface area contributed by atoms with Crippen LogP contribution >= 0.6 is 0 Å². The molecule has 0 spiro atoms. The molecule has 0 saturated carbocycles. The van der Waals surface area contributed by atoms with Gasteiger partial charge >= 0.3 is 5.97 Å². The molecule has 1 aliphatic heterocycles. The first-order chi connectivity index (χ1) is 14.9. The minimum Gasteiger partial charge on any atom is -0.466 e. The van der Waals surface area contributed by atoms with Crippen LogP contribution in [0.5, 0.6) is 11.6 Å². The minimum atomic E-state index is -0.355. The molecule has 0 radical (unpaired) electrons. The van der Waals surface area contributed by atoms with Crippen molar-refractivity contribution in [3.05, 3.63) is 42.0 Å². The number of aromatic nitrogens is 2. The lowest BCUT2D eigenvalue weighted by Crippen LogP contribution is -2.54. The summed E-state index contributed by atoms with van der Waals surface area (Å²) in [6.07, 6.45) is 1.66. The molecule has 2 heterocycles. The smallest absolute Gasteiger partial charge is 0.306 e. The zero-order chi connectivity index (χ0) is 22.4. The molecule has 0 bridgehead atoms. The van der Waals surface area contributed by atoms with Gasteiger partial charge in [-0.1, -0.05) is 0 Å². The third-order valence-electron chi connectivity index (χ3n) is 5.10. The number of hydrogen-bond acceptors (Lipinski definition) is 7. The molecule has 0 aliphatic carbocycles. The summed E-state index contributed by atoms with van der Waals surface area (Å²) in [6.45, 7) is 7.51. The number of ether oxygens (including phenoxy) is 2. The van der Waals surface area contributed by atoms with Gasteiger partial charge in [-0.2, -0.15) is 0 Å². The van der Waals surface area contributed by atoms with E-state index in [0.29, 0.717) is 49.3 Å². The van der Waals surface area contributed by atoms with Crippen LogP contribution in [0, 0.1) is 12.7 Å². The van der Waals surface area contributed by atoms with Crippen molar-refractivity contribution in [3.8, 4) is 11.6 Å². The van der Waals surface area contributed by atoms with E-state index in [0.717, 1.165) is 0 Å². The van der Waals surface area contributed by atoms with Crippen LogP contribution in [0.25, 0.3) is 0 Å². The number of nitrogens with zero attached hydrogens (tertiary/aromatic N) is 4. The summed E-state index contributed by atoms with van der Waals surface area (Å²) in [4.78, 5) is 36.3. The van der Waals surface area contributed by atoms with Crippen molar-refractivity contribution in [2.75, 3.05) is 31.1 Å². The fourth-order valence-corrected chi connectivity index (χ4v) is 3.52. The molecule has 1 aromatic carbocycles. The molecule has 1 aliphatic rings. The predicted molar refractivity (Wildman–Crippen MR) is 112 cm³/mol. The summed E-state index contributed by atoms with van der Waals surface area (Å²) in [5.74, 6) is 0.842. The Balaban J connectivity index is 1.60. The number of esters is 1. The van der Waals surface area contributed by atoms with Crippen LogP contribution in [0.4, 0.5) is 10.2 Å². The lowest BCUT2D eigenvalue weighted by molar-refractivity contribution is -0.146. The quantitative estimate of drug-likeness (QED) is 0.624. The Hall–Kier alpha value is -3.23. The first kappa shape index (κ1) is 22.5. The Morgan fingerprint density at radius 3 is 2.71 bits per heavy atom. The van der Waals surface area contributed by atoms with Crippen LogP contribution in [0.15, 0.2) is 30.6 Å². The van der Waals surface area contributed by atoms with Crippen molar-refractivity contribution in [3.63, 3.8) is 0 Å². The summed E-state index contributed by atoms with van der Waals surface area (Å²) >= 11 is 0. The number of carbonyl (C=O) groups excluding carboxylic acids is 2. The molecule has 2 aromatic rings. The summed E-state index contributed by atoms with van der Waals surface area (Å²) in [5, 5.41) is 0. The minimum absolute atomic E-state index is 0.0397. The van der Waals surface area contributed by atoms with Gasteiger partial charge in [-0.05, 0) is 44.5 Å². The van der Waals surface area contributed by atoms with Crippen LogP contribution < -0.4 is 9.64 Å². The van der Waals surface area contributed by atoms with Crippen molar-refractivity contribution in [1.82, 2.24) is 14.9 Å². The van der Waals surface area contributed by atoms with Gasteiger partial charge in [-0.15, -0.1) is 0 Å². The van der Waals surface area contributed by atoms with E-state index < -0.39 is 0 Å². The van der Waals surface area contributed by atoms with Crippen LogP contribution in [-0.4, -0.2) is 59.0 Å². The summed E-state index contributed by atoms with van der Waals surface area (Å²) < 4.78 is 24.0. The topological polar surface area (TPSA) is 84.9 Å². The Morgan fingerprint density at radius 1 is 1.19 bits per heavy atom. The molecule has 31 heavy (non-hydrogen) atoms. The lowest BCUT2D eigenvalue weighted by Gasteiger charge is -2.40. The zero-order valence-corrected chi connectivity index (χ0v) is 18.0. The molecule has 1 atom stereocenters. The first-order valence-electron chi connectivity index (χ1n) is 10.3. The molecule has 0 N–H and O–H groups in total. The molecule has 1 amide bonds. The van der Waals surface area contributed by atoms with Gasteiger partial charge in [0.2, 0.25) is 11.8 Å². The third-order valence-corrected chi connectivity index (χ3v) is 5.10. The Labute approximate surface area is 181 Å². The fourth-order valence-electron chi connectivity index (χ4n) is 3.52. The van der Waals surface area contributed by atoms with E-state index >= 15 is 0 Å². The van der Waals surface area contributed by atoms with Gasteiger partial charge in [0.05, 0.1) is 13.0 Å². The predicted octanol–water partition coefficient (Wildman–Crippen LogP) is 3.10. The van der Waals surface area contributed by atoms with E-state index in [4.69, 9.17) is 9.47 Å². The van der Waals surface area contributed by atoms with Crippen LogP contribution in [0.2, 0.25) is 0 Å². The van der Waals surface area contributed by atoms with Gasteiger partial charge in [0.25, 0.3) is 0 Å². The second kappa shape index (κ2) is 10.2. The van der Waals surface area contributed by atoms with E-state index in [9.17, 15) is 14.0 Å². The second-order valence-corrected chi connectivity index (χ2v) is 7.41. The number of amides is 1. The highest BCUT2D eigenvalue weighted by atomic mass is 19.1. The zero-order valence-electron chi connectivity index (χ0n) is 18.0. The van der Waals surface area contributed by atoms with Crippen molar-refractivity contribution in [1.29, 1.82) is 0 Å². The maximum absolute atomic E-state index is 13.3. The summed E-state index contributed by atoms with van der Waals surface area (Å²) in [5.41, 5.74) is 0.670. The molecule has 9 heteroatoms. The average molecular weight is 430 g/mol. The Morgan fingerprint density at radius 2 is 2.00 bits per heavy atom. The molecule has 166 valence electrons. The van der Waals surface area contributed by atoms with Crippen LogP contribution in [-0.2, 0) is 14.3 Å². The van der Waals surface area contributed by atoms with Gasteiger partial charge in [0.1, 0.15) is 23.7 Å². The monoisotopic (exact) mass is 430 g/mol. The van der Waals surface area contributed by atoms with Crippen molar-refractivity contribution >= 4 is 17.7 Å². The van der Waals surface area contributed by atoms with E-state index in [1.807, 2.05) is 6.92 Å². The molecular formula is C22H27FN4O4. The highest BCUT2D eigenvalue weighted by Crippen LogP contribution is 2.26. The summed E-state index contributed by atoms with van der Waals surface area (Å²) in [7, 11) is 0. The van der Waals surface area contributed by atoms with E-state index in [2.05, 4.69) is 14.9 Å². The Bertz CT molecular complexity index is 939. The first-order valence-corrected chi connectivity index (χ1v) is 10.3. The third kappa shape index (κ3) is 5.90. The highest BCUT2D eigenvalue weighted by molar-refractivity contribution is 5.81. The van der Waals surface area contributed by atoms with Crippen LogP contribution in [0.1, 0.15) is 32.3 Å². The van der Waals surface area contributed by atoms with Gasteiger partial charge in [-0.3, -0.25) is 9.59 Å². The number of hydrogen-bond donors (Lipinski definition) is 0. The lowest BCUT2D eigenvalue weighted by atomic mass is 10.1. The number of benzene rings is 1. The Kier molecular flexibility index (Phi) is 7.38. The molecule has 1 fully saturated rings. The molecule has 8 nitrogen and oxygen atoms in total. The number of rotatable bonds is 7. The fraction of sp³-hybridized carbons (Fsp3) is 0.455. The van der Waals surface area contributed by atoms with Gasteiger partial charge < -0.3 is 19.3 Å². The number of carbonyl (C=O) groups is 2. The average Bonchev–Trinajstić information content (AvgIpc) is 2.74. The standard InChI is InChI=1S/C22H27FN4O4/c1-4-30-22(29)8-7-21(28)27-10-9-26(13-16(27)3)19-12-20(25-14-24-19)31-18-6-5-17(23)11-15(18)2/h5-6,11-12,14,16H,4,7-10,13H2,1-3H3/t16-/m1/s1. The van der Waals surface area contributed by atoms with Gasteiger partial charge in [0, 0.05) is 38.2 Å². The number of piperazine rings is 1. The van der Waals surface area contributed by atoms with E-state index in [1.54, 1.807) is 30.9 Å². The molecule has 1 aromatic heterocycles. The van der Waals surface area contributed by atoms with Crippen molar-refractivity contribution < 1.29 is 23.5 Å². The van der Waals surface area contributed by atoms with Crippen LogP contribution in [0.3, 0.4) is 0 Å². The molecule has 1 saturated heterocycles.